The summed E-state index contributed by atoms with van der Waals surface area (Å²) in [5, 5.41) is 10.2. The number of aromatic nitrogens is 4. The van der Waals surface area contributed by atoms with Gasteiger partial charge in [0.1, 0.15) is 17.1 Å². The smallest absolute Gasteiger partial charge is 0.120 e. The lowest BCUT2D eigenvalue weighted by Crippen LogP contribution is -2.23. The van der Waals surface area contributed by atoms with Crippen molar-refractivity contribution in [1.82, 2.24) is 19.6 Å². The van der Waals surface area contributed by atoms with E-state index in [2.05, 4.69) is 122 Å². The molecule has 5 rings (SSSR count). The average molecular weight is 479 g/mol. The lowest BCUT2D eigenvalue weighted by Gasteiger charge is -2.26. The molecule has 0 aliphatic heterocycles. The largest absolute Gasteiger partial charge is 0.230 e. The normalized spacial score (nSPS) is 11.6. The summed E-state index contributed by atoms with van der Waals surface area (Å²) in [4.78, 5) is 0. The molecule has 5 heteroatoms. The van der Waals surface area contributed by atoms with Crippen molar-refractivity contribution in [2.75, 3.05) is 0 Å². The van der Waals surface area contributed by atoms with Gasteiger partial charge in [-0.05, 0) is 37.4 Å². The molecule has 0 saturated carbocycles. The third-order valence-electron chi connectivity index (χ3n) is 6.17. The van der Waals surface area contributed by atoms with Crippen LogP contribution in [-0.2, 0) is 0 Å². The summed E-state index contributed by atoms with van der Waals surface area (Å²) in [6, 6.07) is 33.6. The summed E-state index contributed by atoms with van der Waals surface area (Å²) in [6.07, 6.45) is 1.94. The van der Waals surface area contributed by atoms with Crippen molar-refractivity contribution < 1.29 is 0 Å². The SMILES string of the molecule is CC(C)P(c1ccnn1-c1c(-c2ccccc2)nn(-c2ccccc2)c1-c1ccccc1)C(C)C. The molecule has 2 aromatic heterocycles. The van der Waals surface area contributed by atoms with Crippen molar-refractivity contribution in [2.24, 2.45) is 0 Å². The molecule has 0 bridgehead atoms. The molecule has 35 heavy (non-hydrogen) atoms. The molecule has 0 atom stereocenters. The van der Waals surface area contributed by atoms with E-state index in [0.29, 0.717) is 11.3 Å². The van der Waals surface area contributed by atoms with Gasteiger partial charge in [0.2, 0.25) is 0 Å². The van der Waals surface area contributed by atoms with Crippen molar-refractivity contribution in [3.8, 4) is 33.9 Å². The van der Waals surface area contributed by atoms with Gasteiger partial charge in [-0.3, -0.25) is 0 Å². The van der Waals surface area contributed by atoms with E-state index < -0.39 is 7.92 Å². The van der Waals surface area contributed by atoms with Crippen LogP contribution in [0.2, 0.25) is 0 Å². The van der Waals surface area contributed by atoms with E-state index >= 15 is 0 Å². The Bertz CT molecular complexity index is 1380. The van der Waals surface area contributed by atoms with Gasteiger partial charge in [0.15, 0.2) is 0 Å². The molecule has 0 saturated heterocycles. The number of nitrogens with zero attached hydrogens (tertiary/aromatic N) is 4. The van der Waals surface area contributed by atoms with Crippen molar-refractivity contribution in [1.29, 1.82) is 0 Å². The number of rotatable bonds is 7. The van der Waals surface area contributed by atoms with Gasteiger partial charge in [-0.15, -0.1) is 0 Å². The predicted octanol–water partition coefficient (Wildman–Crippen LogP) is 7.32. The van der Waals surface area contributed by atoms with E-state index in [1.807, 2.05) is 18.3 Å². The maximum atomic E-state index is 5.24. The summed E-state index contributed by atoms with van der Waals surface area (Å²) in [7, 11) is -0.425. The first-order valence-electron chi connectivity index (χ1n) is 12.2. The number of hydrogen-bond donors (Lipinski definition) is 0. The minimum Gasteiger partial charge on any atom is -0.230 e. The molecule has 5 aromatic rings. The molecule has 4 nitrogen and oxygen atoms in total. The Morgan fingerprint density at radius 3 is 1.74 bits per heavy atom. The molecular weight excluding hydrogens is 447 g/mol. The monoisotopic (exact) mass is 478 g/mol. The third-order valence-corrected chi connectivity index (χ3v) is 9.26. The van der Waals surface area contributed by atoms with Crippen molar-refractivity contribution in [3.63, 3.8) is 0 Å². The standard InChI is InChI=1S/C30H31N4P/c1-22(2)35(23(3)4)27-20-21-31-34(27)30-28(24-14-8-5-9-15-24)32-33(26-18-12-7-13-19-26)29(30)25-16-10-6-11-17-25/h5-23H,1-4H3. The zero-order valence-corrected chi connectivity index (χ0v) is 21.6. The Morgan fingerprint density at radius 1 is 0.629 bits per heavy atom. The van der Waals surface area contributed by atoms with E-state index in [-0.39, 0.29) is 0 Å². The second-order valence-electron chi connectivity index (χ2n) is 9.22. The maximum absolute atomic E-state index is 5.24. The van der Waals surface area contributed by atoms with E-state index in [1.54, 1.807) is 0 Å². The third kappa shape index (κ3) is 4.47. The fourth-order valence-corrected chi connectivity index (χ4v) is 7.66. The van der Waals surface area contributed by atoms with Gasteiger partial charge in [-0.1, -0.05) is 107 Å². The van der Waals surface area contributed by atoms with Gasteiger partial charge in [0, 0.05) is 11.1 Å². The zero-order chi connectivity index (χ0) is 24.4. The van der Waals surface area contributed by atoms with Crippen LogP contribution >= 0.6 is 7.92 Å². The van der Waals surface area contributed by atoms with Crippen LogP contribution < -0.4 is 5.44 Å². The van der Waals surface area contributed by atoms with Gasteiger partial charge in [0.05, 0.1) is 17.3 Å². The van der Waals surface area contributed by atoms with Crippen LogP contribution in [0.4, 0.5) is 0 Å². The van der Waals surface area contributed by atoms with Gasteiger partial charge in [0.25, 0.3) is 0 Å². The molecule has 0 amide bonds. The fraction of sp³-hybridized carbons (Fsp3) is 0.200. The highest BCUT2D eigenvalue weighted by atomic mass is 31.1. The second-order valence-corrected chi connectivity index (χ2v) is 12.6. The van der Waals surface area contributed by atoms with E-state index in [0.717, 1.165) is 33.9 Å². The van der Waals surface area contributed by atoms with Crippen LogP contribution in [0.3, 0.4) is 0 Å². The van der Waals surface area contributed by atoms with Crippen LogP contribution in [0.15, 0.2) is 103 Å². The first kappa shape index (κ1) is 23.3. The molecule has 0 aliphatic carbocycles. The van der Waals surface area contributed by atoms with Gasteiger partial charge in [-0.25, -0.2) is 9.36 Å². The highest BCUT2D eigenvalue weighted by molar-refractivity contribution is 7.66. The Hall–Kier alpha value is -3.49. The van der Waals surface area contributed by atoms with E-state index in [1.165, 1.54) is 5.44 Å². The Morgan fingerprint density at radius 2 is 1.17 bits per heavy atom. The number of benzene rings is 3. The Balaban J connectivity index is 1.88. The zero-order valence-electron chi connectivity index (χ0n) is 20.7. The van der Waals surface area contributed by atoms with Crippen LogP contribution in [-0.4, -0.2) is 30.9 Å². The molecule has 0 N–H and O–H groups in total. The lowest BCUT2D eigenvalue weighted by molar-refractivity contribution is 0.884. The van der Waals surface area contributed by atoms with Gasteiger partial charge in [-0.2, -0.15) is 10.2 Å². The summed E-state index contributed by atoms with van der Waals surface area (Å²) >= 11 is 0. The van der Waals surface area contributed by atoms with E-state index in [9.17, 15) is 0 Å². The lowest BCUT2D eigenvalue weighted by atomic mass is 10.1. The summed E-state index contributed by atoms with van der Waals surface area (Å²) in [5.74, 6) is 0. The fourth-order valence-electron chi connectivity index (χ4n) is 4.80. The molecule has 0 unspecified atom stereocenters. The van der Waals surface area contributed by atoms with Crippen molar-refractivity contribution in [3.05, 3.63) is 103 Å². The highest BCUT2D eigenvalue weighted by Crippen LogP contribution is 2.46. The first-order chi connectivity index (χ1) is 17.1. The average Bonchev–Trinajstić information content (AvgIpc) is 3.50. The Labute approximate surface area is 209 Å². The van der Waals surface area contributed by atoms with Crippen molar-refractivity contribution in [2.45, 2.75) is 39.0 Å². The van der Waals surface area contributed by atoms with Gasteiger partial charge < -0.3 is 0 Å². The quantitative estimate of drug-likeness (QED) is 0.230. The molecular formula is C30H31N4P. The molecule has 2 heterocycles. The van der Waals surface area contributed by atoms with Crippen LogP contribution in [0.25, 0.3) is 33.9 Å². The molecule has 176 valence electrons. The Kier molecular flexibility index (Phi) is 6.66. The molecule has 0 radical (unpaired) electrons. The van der Waals surface area contributed by atoms with Crippen LogP contribution in [0.5, 0.6) is 0 Å². The topological polar surface area (TPSA) is 35.6 Å². The van der Waals surface area contributed by atoms with Crippen LogP contribution in [0, 0.1) is 0 Å². The minimum absolute atomic E-state index is 0.425. The summed E-state index contributed by atoms with van der Waals surface area (Å²) < 4.78 is 4.24. The summed E-state index contributed by atoms with van der Waals surface area (Å²) in [5.41, 5.74) is 8.60. The maximum Gasteiger partial charge on any atom is 0.120 e. The molecule has 0 fully saturated rings. The van der Waals surface area contributed by atoms with Crippen molar-refractivity contribution >= 4 is 13.4 Å². The van der Waals surface area contributed by atoms with Gasteiger partial charge >= 0.3 is 0 Å². The van der Waals surface area contributed by atoms with Crippen LogP contribution in [0.1, 0.15) is 27.7 Å². The number of para-hydroxylation sites is 1. The highest BCUT2D eigenvalue weighted by Gasteiger charge is 2.29. The number of hydrogen-bond acceptors (Lipinski definition) is 2. The summed E-state index contributed by atoms with van der Waals surface area (Å²) in [6.45, 7) is 9.30. The molecule has 3 aromatic carbocycles. The molecule has 0 aliphatic rings. The minimum atomic E-state index is -0.425. The second kappa shape index (κ2) is 10.0. The van der Waals surface area contributed by atoms with E-state index in [4.69, 9.17) is 10.2 Å². The first-order valence-corrected chi connectivity index (χ1v) is 13.7. The molecule has 0 spiro atoms. The predicted molar refractivity (Wildman–Crippen MR) is 148 cm³/mol.